The summed E-state index contributed by atoms with van der Waals surface area (Å²) < 4.78 is 0. The van der Waals surface area contributed by atoms with Crippen molar-refractivity contribution < 1.29 is 4.79 Å². The summed E-state index contributed by atoms with van der Waals surface area (Å²) in [5.41, 5.74) is 0.115. The minimum absolute atomic E-state index is 0.115. The number of rotatable bonds is 3. The molecule has 2 fully saturated rings. The zero-order valence-electron chi connectivity index (χ0n) is 10.2. The lowest BCUT2D eigenvalue weighted by Gasteiger charge is -2.36. The molecule has 0 saturated heterocycles. The fourth-order valence-corrected chi connectivity index (χ4v) is 2.49. The molecule has 0 radical (unpaired) electrons. The SMILES string of the molecule is CC(C)(C)CC(=O)NC1CC(C2CC2)C1. The third-order valence-corrected chi connectivity index (χ3v) is 3.52. The Balaban J connectivity index is 1.63. The fraction of sp³-hybridized carbons (Fsp3) is 0.923. The second-order valence-electron chi connectivity index (χ2n) is 6.57. The first-order chi connectivity index (χ1) is 6.94. The van der Waals surface area contributed by atoms with E-state index >= 15 is 0 Å². The first-order valence-corrected chi connectivity index (χ1v) is 6.23. The Morgan fingerprint density at radius 3 is 2.27 bits per heavy atom. The van der Waals surface area contributed by atoms with Crippen LogP contribution in [0.25, 0.3) is 0 Å². The van der Waals surface area contributed by atoms with E-state index in [-0.39, 0.29) is 11.3 Å². The van der Waals surface area contributed by atoms with E-state index in [4.69, 9.17) is 0 Å². The molecule has 0 atom stereocenters. The van der Waals surface area contributed by atoms with E-state index in [1.54, 1.807) is 0 Å². The number of hydrogen-bond donors (Lipinski definition) is 1. The molecule has 0 aliphatic heterocycles. The van der Waals surface area contributed by atoms with Crippen LogP contribution in [0.15, 0.2) is 0 Å². The highest BCUT2D eigenvalue weighted by Crippen LogP contribution is 2.46. The summed E-state index contributed by atoms with van der Waals surface area (Å²) in [5.74, 6) is 2.19. The summed E-state index contributed by atoms with van der Waals surface area (Å²) in [6.45, 7) is 6.33. The van der Waals surface area contributed by atoms with Crippen molar-refractivity contribution in [3.05, 3.63) is 0 Å². The minimum atomic E-state index is 0.115. The number of hydrogen-bond acceptors (Lipinski definition) is 1. The van der Waals surface area contributed by atoms with Crippen molar-refractivity contribution in [1.29, 1.82) is 0 Å². The molecule has 86 valence electrons. The van der Waals surface area contributed by atoms with Crippen LogP contribution in [0, 0.1) is 17.3 Å². The molecule has 2 heteroatoms. The van der Waals surface area contributed by atoms with Gasteiger partial charge in [-0.25, -0.2) is 0 Å². The van der Waals surface area contributed by atoms with E-state index < -0.39 is 0 Å². The molecule has 0 bridgehead atoms. The van der Waals surface area contributed by atoms with E-state index in [0.717, 1.165) is 11.8 Å². The summed E-state index contributed by atoms with van der Waals surface area (Å²) in [5, 5.41) is 3.15. The largest absolute Gasteiger partial charge is 0.353 e. The maximum absolute atomic E-state index is 11.6. The van der Waals surface area contributed by atoms with Crippen LogP contribution in [0.4, 0.5) is 0 Å². The molecular formula is C13H23NO. The van der Waals surface area contributed by atoms with Gasteiger partial charge in [0.15, 0.2) is 0 Å². The Hall–Kier alpha value is -0.530. The highest BCUT2D eigenvalue weighted by molar-refractivity contribution is 5.77. The predicted octanol–water partition coefficient (Wildman–Crippen LogP) is 2.73. The maximum Gasteiger partial charge on any atom is 0.220 e. The summed E-state index contributed by atoms with van der Waals surface area (Å²) in [4.78, 5) is 11.6. The van der Waals surface area contributed by atoms with Crippen LogP contribution in [-0.4, -0.2) is 11.9 Å². The van der Waals surface area contributed by atoms with E-state index in [1.807, 2.05) is 0 Å². The van der Waals surface area contributed by atoms with Crippen molar-refractivity contribution in [2.45, 2.75) is 58.9 Å². The van der Waals surface area contributed by atoms with Gasteiger partial charge < -0.3 is 5.32 Å². The predicted molar refractivity (Wildman–Crippen MR) is 61.5 cm³/mol. The molecule has 15 heavy (non-hydrogen) atoms. The topological polar surface area (TPSA) is 29.1 Å². The smallest absolute Gasteiger partial charge is 0.220 e. The van der Waals surface area contributed by atoms with Gasteiger partial charge in [-0.15, -0.1) is 0 Å². The second-order valence-corrected chi connectivity index (χ2v) is 6.57. The maximum atomic E-state index is 11.6. The highest BCUT2D eigenvalue weighted by Gasteiger charge is 2.40. The van der Waals surface area contributed by atoms with E-state index in [9.17, 15) is 4.79 Å². The molecule has 2 rings (SSSR count). The Morgan fingerprint density at radius 2 is 1.80 bits per heavy atom. The summed E-state index contributed by atoms with van der Waals surface area (Å²) in [6.07, 6.45) is 6.00. The standard InChI is InChI=1S/C13H23NO/c1-13(2,3)8-12(15)14-11-6-10(7-11)9-4-5-9/h9-11H,4-8H2,1-3H3,(H,14,15). The van der Waals surface area contributed by atoms with Crippen molar-refractivity contribution >= 4 is 5.91 Å². The number of carbonyl (C=O) groups is 1. The molecule has 0 aromatic heterocycles. The summed E-state index contributed by atoms with van der Waals surface area (Å²) in [7, 11) is 0. The zero-order valence-corrected chi connectivity index (χ0v) is 10.2. The third kappa shape index (κ3) is 3.22. The summed E-state index contributed by atoms with van der Waals surface area (Å²) in [6, 6.07) is 0.491. The van der Waals surface area contributed by atoms with Crippen molar-refractivity contribution in [3.63, 3.8) is 0 Å². The van der Waals surface area contributed by atoms with Crippen LogP contribution in [0.1, 0.15) is 52.9 Å². The first-order valence-electron chi connectivity index (χ1n) is 6.23. The normalized spacial score (nSPS) is 30.9. The van der Waals surface area contributed by atoms with Gasteiger partial charge in [0.25, 0.3) is 0 Å². The molecule has 2 nitrogen and oxygen atoms in total. The molecule has 0 unspecified atom stereocenters. The molecule has 0 aromatic carbocycles. The average molecular weight is 209 g/mol. The lowest BCUT2D eigenvalue weighted by atomic mass is 9.77. The van der Waals surface area contributed by atoms with Gasteiger partial charge in [0.05, 0.1) is 0 Å². The van der Waals surface area contributed by atoms with Crippen molar-refractivity contribution in [2.24, 2.45) is 17.3 Å². The molecular weight excluding hydrogens is 186 g/mol. The fourth-order valence-electron chi connectivity index (χ4n) is 2.49. The van der Waals surface area contributed by atoms with Crippen LogP contribution >= 0.6 is 0 Å². The quantitative estimate of drug-likeness (QED) is 0.761. The Bertz CT molecular complexity index is 244. The number of amides is 1. The molecule has 0 aromatic rings. The molecule has 1 N–H and O–H groups in total. The van der Waals surface area contributed by atoms with Crippen LogP contribution < -0.4 is 5.32 Å². The molecule has 0 spiro atoms. The van der Waals surface area contributed by atoms with Gasteiger partial charge in [-0.1, -0.05) is 20.8 Å². The third-order valence-electron chi connectivity index (χ3n) is 3.52. The average Bonchev–Trinajstić information content (AvgIpc) is 2.74. The Labute approximate surface area is 92.8 Å². The van der Waals surface area contributed by atoms with Crippen LogP contribution in [-0.2, 0) is 4.79 Å². The molecule has 0 heterocycles. The van der Waals surface area contributed by atoms with Gasteiger partial charge in [-0.3, -0.25) is 4.79 Å². The second kappa shape index (κ2) is 3.80. The van der Waals surface area contributed by atoms with Crippen LogP contribution in [0.2, 0.25) is 0 Å². The zero-order chi connectivity index (χ0) is 11.1. The molecule has 2 saturated carbocycles. The van der Waals surface area contributed by atoms with Gasteiger partial charge in [0, 0.05) is 12.5 Å². The Kier molecular flexibility index (Phi) is 2.78. The lowest BCUT2D eigenvalue weighted by Crippen LogP contribution is -2.45. The molecule has 2 aliphatic rings. The minimum Gasteiger partial charge on any atom is -0.353 e. The Morgan fingerprint density at radius 1 is 1.20 bits per heavy atom. The van der Waals surface area contributed by atoms with Gasteiger partial charge in [-0.05, 0) is 42.9 Å². The van der Waals surface area contributed by atoms with Crippen LogP contribution in [0.3, 0.4) is 0 Å². The van der Waals surface area contributed by atoms with Gasteiger partial charge in [0.2, 0.25) is 5.91 Å². The summed E-state index contributed by atoms with van der Waals surface area (Å²) >= 11 is 0. The van der Waals surface area contributed by atoms with Gasteiger partial charge >= 0.3 is 0 Å². The van der Waals surface area contributed by atoms with E-state index in [1.165, 1.54) is 25.7 Å². The molecule has 2 aliphatic carbocycles. The van der Waals surface area contributed by atoms with Crippen LogP contribution in [0.5, 0.6) is 0 Å². The van der Waals surface area contributed by atoms with Gasteiger partial charge in [0.1, 0.15) is 0 Å². The lowest BCUT2D eigenvalue weighted by molar-refractivity contribution is -0.124. The highest BCUT2D eigenvalue weighted by atomic mass is 16.1. The van der Waals surface area contributed by atoms with Crippen molar-refractivity contribution in [1.82, 2.24) is 5.32 Å². The monoisotopic (exact) mass is 209 g/mol. The van der Waals surface area contributed by atoms with Crippen molar-refractivity contribution in [2.75, 3.05) is 0 Å². The van der Waals surface area contributed by atoms with Crippen molar-refractivity contribution in [3.8, 4) is 0 Å². The first kappa shape index (κ1) is 11.0. The number of carbonyl (C=O) groups excluding carboxylic acids is 1. The van der Waals surface area contributed by atoms with E-state index in [2.05, 4.69) is 26.1 Å². The van der Waals surface area contributed by atoms with E-state index in [0.29, 0.717) is 12.5 Å². The van der Waals surface area contributed by atoms with Gasteiger partial charge in [-0.2, -0.15) is 0 Å². The number of nitrogens with one attached hydrogen (secondary N) is 1. The molecule has 1 amide bonds.